The summed E-state index contributed by atoms with van der Waals surface area (Å²) in [5.41, 5.74) is 0.413. The minimum atomic E-state index is -4.58. The van der Waals surface area contributed by atoms with Crippen LogP contribution in [-0.4, -0.2) is 14.3 Å². The number of rotatable bonds is 5. The Morgan fingerprint density at radius 1 is 0.778 bits per heavy atom. The molecule has 1 amide bonds. The molecule has 0 spiro atoms. The first kappa shape index (κ1) is 18.5. The molecule has 27 heavy (non-hydrogen) atoms. The van der Waals surface area contributed by atoms with Gasteiger partial charge in [0.2, 0.25) is 0 Å². The largest absolute Gasteiger partial charge is 0.322 e. The summed E-state index contributed by atoms with van der Waals surface area (Å²) in [6.07, 6.45) is 0. The quantitative estimate of drug-likeness (QED) is 0.693. The van der Waals surface area contributed by atoms with Crippen molar-refractivity contribution in [2.45, 2.75) is 4.90 Å². The lowest BCUT2D eigenvalue weighted by Gasteiger charge is -2.13. The Bertz CT molecular complexity index is 1070. The van der Waals surface area contributed by atoms with Crippen molar-refractivity contribution in [3.8, 4) is 0 Å². The molecule has 5 nitrogen and oxygen atoms in total. The highest BCUT2D eigenvalue weighted by Crippen LogP contribution is 2.24. The summed E-state index contributed by atoms with van der Waals surface area (Å²) in [7, 11) is -4.58. The van der Waals surface area contributed by atoms with E-state index in [1.165, 1.54) is 18.2 Å². The van der Waals surface area contributed by atoms with E-state index >= 15 is 0 Å². The molecule has 0 saturated carbocycles. The van der Waals surface area contributed by atoms with E-state index in [0.717, 1.165) is 18.2 Å². The maximum Gasteiger partial charge on any atom is 0.267 e. The number of nitrogens with one attached hydrogen (secondary N) is 2. The highest BCUT2D eigenvalue weighted by Gasteiger charge is 2.25. The number of hydrogen-bond donors (Lipinski definition) is 2. The Morgan fingerprint density at radius 3 is 2.04 bits per heavy atom. The molecule has 3 rings (SSSR count). The number of benzene rings is 3. The van der Waals surface area contributed by atoms with Crippen LogP contribution in [0.15, 0.2) is 77.7 Å². The van der Waals surface area contributed by atoms with E-state index in [1.54, 1.807) is 36.4 Å². The first-order valence-corrected chi connectivity index (χ1v) is 9.29. The molecule has 2 N–H and O–H groups in total. The molecule has 0 heterocycles. The van der Waals surface area contributed by atoms with Gasteiger partial charge in [-0.1, -0.05) is 36.4 Å². The number of amides is 1. The van der Waals surface area contributed by atoms with Gasteiger partial charge in [-0.2, -0.15) is 0 Å². The molecule has 0 atom stereocenters. The number of halogens is 2. The average Bonchev–Trinajstić information content (AvgIpc) is 2.62. The summed E-state index contributed by atoms with van der Waals surface area (Å²) < 4.78 is 54.7. The van der Waals surface area contributed by atoms with Crippen molar-refractivity contribution >= 4 is 27.3 Å². The SMILES string of the molecule is O=C(Nc1ccccc1)c1ccccc1NS(=O)(=O)c1c(F)cccc1F. The molecule has 0 bridgehead atoms. The van der Waals surface area contributed by atoms with Crippen LogP contribution in [0.1, 0.15) is 10.4 Å². The third kappa shape index (κ3) is 4.12. The summed E-state index contributed by atoms with van der Waals surface area (Å²) in [6.45, 7) is 0. The van der Waals surface area contributed by atoms with Crippen molar-refractivity contribution in [3.05, 3.63) is 90.0 Å². The zero-order valence-corrected chi connectivity index (χ0v) is 14.6. The fraction of sp³-hybridized carbons (Fsp3) is 0. The summed E-state index contributed by atoms with van der Waals surface area (Å²) in [4.78, 5) is 11.4. The maximum atomic E-state index is 13.9. The van der Waals surface area contributed by atoms with Crippen LogP contribution in [0.2, 0.25) is 0 Å². The molecule has 8 heteroatoms. The molecule has 0 aliphatic carbocycles. The number of para-hydroxylation sites is 2. The number of hydrogen-bond acceptors (Lipinski definition) is 3. The maximum absolute atomic E-state index is 13.9. The van der Waals surface area contributed by atoms with Gasteiger partial charge in [-0.3, -0.25) is 9.52 Å². The molecule has 0 fully saturated rings. The van der Waals surface area contributed by atoms with Crippen LogP contribution >= 0.6 is 0 Å². The predicted molar refractivity (Wildman–Crippen MR) is 98.0 cm³/mol. The number of anilines is 2. The van der Waals surface area contributed by atoms with Crippen molar-refractivity contribution in [1.82, 2.24) is 0 Å². The lowest BCUT2D eigenvalue weighted by molar-refractivity contribution is 0.102. The second-order valence-electron chi connectivity index (χ2n) is 5.52. The van der Waals surface area contributed by atoms with Crippen LogP contribution in [0.3, 0.4) is 0 Å². The van der Waals surface area contributed by atoms with E-state index < -0.39 is 32.5 Å². The average molecular weight is 388 g/mol. The Morgan fingerprint density at radius 2 is 1.37 bits per heavy atom. The fourth-order valence-corrected chi connectivity index (χ4v) is 3.64. The fourth-order valence-electron chi connectivity index (χ4n) is 2.43. The number of carbonyl (C=O) groups excluding carboxylic acids is 1. The summed E-state index contributed by atoms with van der Waals surface area (Å²) in [5.74, 6) is -3.03. The van der Waals surface area contributed by atoms with E-state index in [-0.39, 0.29) is 11.3 Å². The molecule has 3 aromatic rings. The number of sulfonamides is 1. The molecule has 0 unspecified atom stereocenters. The molecule has 0 aromatic heterocycles. The van der Waals surface area contributed by atoms with E-state index in [9.17, 15) is 22.0 Å². The molecule has 138 valence electrons. The zero-order valence-electron chi connectivity index (χ0n) is 13.8. The lowest BCUT2D eigenvalue weighted by Crippen LogP contribution is -2.20. The molecule has 3 aromatic carbocycles. The van der Waals surface area contributed by atoms with Gasteiger partial charge in [-0.25, -0.2) is 17.2 Å². The van der Waals surface area contributed by atoms with Crippen LogP contribution in [0, 0.1) is 11.6 Å². The monoisotopic (exact) mass is 388 g/mol. The van der Waals surface area contributed by atoms with Crippen molar-refractivity contribution in [3.63, 3.8) is 0 Å². The minimum Gasteiger partial charge on any atom is -0.322 e. The Labute approximate surface area is 154 Å². The van der Waals surface area contributed by atoms with E-state index in [1.807, 2.05) is 0 Å². The van der Waals surface area contributed by atoms with Crippen molar-refractivity contribution < 1.29 is 22.0 Å². The molecule has 0 aliphatic heterocycles. The van der Waals surface area contributed by atoms with Gasteiger partial charge >= 0.3 is 0 Å². The molecule has 0 saturated heterocycles. The first-order chi connectivity index (χ1) is 12.9. The molecule has 0 radical (unpaired) electrons. The highest BCUT2D eigenvalue weighted by molar-refractivity contribution is 7.92. The van der Waals surface area contributed by atoms with Gasteiger partial charge in [0, 0.05) is 5.69 Å². The normalized spacial score (nSPS) is 11.0. The third-order valence-electron chi connectivity index (χ3n) is 3.64. The highest BCUT2D eigenvalue weighted by atomic mass is 32.2. The smallest absolute Gasteiger partial charge is 0.267 e. The molecule has 0 aliphatic rings. The summed E-state index contributed by atoms with van der Waals surface area (Å²) in [6, 6.07) is 17.1. The van der Waals surface area contributed by atoms with E-state index in [2.05, 4.69) is 10.0 Å². The van der Waals surface area contributed by atoms with Gasteiger partial charge in [0.1, 0.15) is 11.6 Å². The van der Waals surface area contributed by atoms with Crippen molar-refractivity contribution in [1.29, 1.82) is 0 Å². The van der Waals surface area contributed by atoms with Gasteiger partial charge in [0.05, 0.1) is 11.3 Å². The second-order valence-corrected chi connectivity index (χ2v) is 7.14. The lowest BCUT2D eigenvalue weighted by atomic mass is 10.1. The van der Waals surface area contributed by atoms with Gasteiger partial charge in [0.15, 0.2) is 4.90 Å². The first-order valence-electron chi connectivity index (χ1n) is 7.81. The topological polar surface area (TPSA) is 75.3 Å². The predicted octanol–water partition coefficient (Wildman–Crippen LogP) is 4.02. The van der Waals surface area contributed by atoms with Crippen molar-refractivity contribution in [2.75, 3.05) is 10.0 Å². The second kappa shape index (κ2) is 7.55. The van der Waals surface area contributed by atoms with Gasteiger partial charge in [-0.15, -0.1) is 0 Å². The van der Waals surface area contributed by atoms with Gasteiger partial charge in [-0.05, 0) is 36.4 Å². The standard InChI is InChI=1S/C19H14F2N2O3S/c20-15-10-6-11-16(21)18(15)27(25,26)23-17-12-5-4-9-14(17)19(24)22-13-7-2-1-3-8-13/h1-12,23H,(H,22,24). The van der Waals surface area contributed by atoms with Crippen LogP contribution in [-0.2, 0) is 10.0 Å². The van der Waals surface area contributed by atoms with Crippen LogP contribution in [0.5, 0.6) is 0 Å². The number of carbonyl (C=O) groups is 1. The van der Waals surface area contributed by atoms with E-state index in [0.29, 0.717) is 5.69 Å². The zero-order chi connectivity index (χ0) is 19.4. The summed E-state index contributed by atoms with van der Waals surface area (Å²) >= 11 is 0. The van der Waals surface area contributed by atoms with Crippen LogP contribution in [0.25, 0.3) is 0 Å². The Kier molecular flexibility index (Phi) is 5.18. The molecular formula is C19H14F2N2O3S. The minimum absolute atomic E-state index is 0.00155. The van der Waals surface area contributed by atoms with Crippen LogP contribution < -0.4 is 10.0 Å². The van der Waals surface area contributed by atoms with Crippen molar-refractivity contribution in [2.24, 2.45) is 0 Å². The molecular weight excluding hydrogens is 374 g/mol. The van der Waals surface area contributed by atoms with Gasteiger partial charge in [0.25, 0.3) is 15.9 Å². The van der Waals surface area contributed by atoms with Gasteiger partial charge < -0.3 is 5.32 Å². The van der Waals surface area contributed by atoms with Crippen LogP contribution in [0.4, 0.5) is 20.2 Å². The summed E-state index contributed by atoms with van der Waals surface area (Å²) in [5, 5.41) is 2.62. The van der Waals surface area contributed by atoms with E-state index in [4.69, 9.17) is 0 Å². The Balaban J connectivity index is 1.93. The Hall–Kier alpha value is -3.26. The third-order valence-corrected chi connectivity index (χ3v) is 5.05.